The molecule has 0 saturated carbocycles. The van der Waals surface area contributed by atoms with Gasteiger partial charge in [0, 0.05) is 47.5 Å². The fourth-order valence-electron chi connectivity index (χ4n) is 6.97. The van der Waals surface area contributed by atoms with E-state index < -0.39 is 16.1 Å². The molecule has 2 N–H and O–H groups in total. The normalized spacial score (nSPS) is 20.2. The zero-order chi connectivity index (χ0) is 33.0. The molecule has 0 spiro atoms. The van der Waals surface area contributed by atoms with Gasteiger partial charge in [0.1, 0.15) is 6.54 Å². The Morgan fingerprint density at radius 2 is 1.62 bits per heavy atom. The Labute approximate surface area is 269 Å². The van der Waals surface area contributed by atoms with Gasteiger partial charge in [-0.15, -0.1) is 0 Å². The third-order valence-electron chi connectivity index (χ3n) is 9.34. The van der Waals surface area contributed by atoms with Crippen LogP contribution in [0.4, 0.5) is 11.4 Å². The van der Waals surface area contributed by atoms with Crippen LogP contribution in [0.2, 0.25) is 0 Å². The lowest BCUT2D eigenvalue weighted by molar-refractivity contribution is -0.433. The lowest BCUT2D eigenvalue weighted by Gasteiger charge is -2.30. The Morgan fingerprint density at radius 3 is 2.29 bits per heavy atom. The van der Waals surface area contributed by atoms with Crippen LogP contribution in [0.3, 0.4) is 0 Å². The molecule has 1 atom stereocenters. The van der Waals surface area contributed by atoms with Gasteiger partial charge in [0.2, 0.25) is 5.69 Å². The first-order valence-electron chi connectivity index (χ1n) is 16.1. The number of allylic oxidation sites excluding steroid dienone is 6. The predicted molar refractivity (Wildman–Crippen MR) is 184 cm³/mol. The van der Waals surface area contributed by atoms with Crippen molar-refractivity contribution in [3.8, 4) is 0 Å². The van der Waals surface area contributed by atoms with Crippen molar-refractivity contribution >= 4 is 33.2 Å². The number of benzene rings is 2. The Bertz CT molecular complexity index is 1670. The average molecular weight is 634 g/mol. The molecule has 0 saturated heterocycles. The molecule has 4 rings (SSSR count). The summed E-state index contributed by atoms with van der Waals surface area (Å²) in [7, 11) is -4.01. The van der Waals surface area contributed by atoms with E-state index in [0.717, 1.165) is 36.3 Å². The molecule has 1 unspecified atom stereocenters. The summed E-state index contributed by atoms with van der Waals surface area (Å²) >= 11 is 0. The standard InChI is InChI=1S/C37H48N2O5S/c1-7-38-31-20-18-27(2)25-29(31)36(4,5)33(38)15-9-8-10-16-34-37(6,22-12-11-17-35(40)41)30-26-28(3)19-21-32(30)39(34)23-13-14-24-45(42,43)44/h8-10,15-16,18-21,25-26H,7,11-14,17,22-24H2,1-6H3,(H-,40,41,42,43,44)/p+1. The van der Waals surface area contributed by atoms with Crippen LogP contribution in [0.1, 0.15) is 88.5 Å². The Hall–Kier alpha value is -3.49. The smallest absolute Gasteiger partial charge is 0.303 e. The highest BCUT2D eigenvalue weighted by atomic mass is 32.2. The maximum atomic E-state index is 11.4. The molecule has 0 fully saturated rings. The van der Waals surface area contributed by atoms with Gasteiger partial charge in [0.25, 0.3) is 10.1 Å². The van der Waals surface area contributed by atoms with Crippen molar-refractivity contribution in [2.24, 2.45) is 0 Å². The number of unbranched alkanes of at least 4 members (excludes halogenated alkanes) is 2. The van der Waals surface area contributed by atoms with E-state index in [9.17, 15) is 22.9 Å². The van der Waals surface area contributed by atoms with E-state index in [-0.39, 0.29) is 23.0 Å². The molecule has 0 bridgehead atoms. The van der Waals surface area contributed by atoms with Crippen LogP contribution in [0.25, 0.3) is 0 Å². The third kappa shape index (κ3) is 7.67. The van der Waals surface area contributed by atoms with Crippen LogP contribution in [0.15, 0.2) is 72.5 Å². The van der Waals surface area contributed by atoms with Crippen molar-refractivity contribution in [1.29, 1.82) is 0 Å². The summed E-state index contributed by atoms with van der Waals surface area (Å²) < 4.78 is 34.3. The van der Waals surface area contributed by atoms with Crippen LogP contribution in [-0.4, -0.2) is 53.2 Å². The molecular formula is C37H49N2O5S+. The van der Waals surface area contributed by atoms with E-state index in [4.69, 9.17) is 0 Å². The first-order valence-corrected chi connectivity index (χ1v) is 17.7. The van der Waals surface area contributed by atoms with Gasteiger partial charge >= 0.3 is 5.97 Å². The van der Waals surface area contributed by atoms with Gasteiger partial charge in [0.05, 0.1) is 11.2 Å². The zero-order valence-electron chi connectivity index (χ0n) is 27.6. The number of carbonyl (C=O) groups is 1. The maximum absolute atomic E-state index is 11.4. The molecule has 0 amide bonds. The van der Waals surface area contributed by atoms with Crippen molar-refractivity contribution in [1.82, 2.24) is 0 Å². The Morgan fingerprint density at radius 1 is 0.933 bits per heavy atom. The summed E-state index contributed by atoms with van der Waals surface area (Å²) in [5.74, 6) is -1.04. The summed E-state index contributed by atoms with van der Waals surface area (Å²) in [6.07, 6.45) is 13.9. The summed E-state index contributed by atoms with van der Waals surface area (Å²) in [5.41, 5.74) is 9.25. The van der Waals surface area contributed by atoms with Gasteiger partial charge in [-0.25, -0.2) is 0 Å². The van der Waals surface area contributed by atoms with Crippen molar-refractivity contribution in [3.05, 3.63) is 94.7 Å². The summed E-state index contributed by atoms with van der Waals surface area (Å²) in [4.78, 5) is 13.5. The van der Waals surface area contributed by atoms with Gasteiger partial charge in [-0.1, -0.05) is 54.0 Å². The molecule has 0 aliphatic carbocycles. The first kappa shape index (κ1) is 34.4. The molecule has 2 aromatic rings. The second kappa shape index (κ2) is 13.9. The van der Waals surface area contributed by atoms with Gasteiger partial charge in [-0.2, -0.15) is 13.0 Å². The number of hydrogen-bond donors (Lipinski definition) is 2. The maximum Gasteiger partial charge on any atom is 0.303 e. The van der Waals surface area contributed by atoms with Gasteiger partial charge in [-0.05, 0) is 91.0 Å². The van der Waals surface area contributed by atoms with E-state index in [1.807, 2.05) is 0 Å². The molecule has 2 aromatic carbocycles. The number of fused-ring (bicyclic) bond motifs is 2. The minimum atomic E-state index is -4.01. The van der Waals surface area contributed by atoms with Crippen molar-refractivity contribution in [2.75, 3.05) is 23.7 Å². The molecule has 0 radical (unpaired) electrons. The quantitative estimate of drug-likeness (QED) is 0.0954. The lowest BCUT2D eigenvalue weighted by atomic mass is 9.76. The highest BCUT2D eigenvalue weighted by Gasteiger charge is 2.44. The number of carboxylic acid groups (broad SMARTS) is 1. The number of rotatable bonds is 14. The van der Waals surface area contributed by atoms with Gasteiger partial charge in [-0.3, -0.25) is 9.35 Å². The highest BCUT2D eigenvalue weighted by molar-refractivity contribution is 7.85. The number of anilines is 1. The molecular weight excluding hydrogens is 584 g/mol. The lowest BCUT2D eigenvalue weighted by Crippen LogP contribution is -2.29. The van der Waals surface area contributed by atoms with Crippen LogP contribution < -0.4 is 4.90 Å². The van der Waals surface area contributed by atoms with Crippen LogP contribution in [0, 0.1) is 13.8 Å². The van der Waals surface area contributed by atoms with E-state index in [0.29, 0.717) is 25.8 Å². The third-order valence-corrected chi connectivity index (χ3v) is 10.1. The fourth-order valence-corrected chi connectivity index (χ4v) is 7.54. The van der Waals surface area contributed by atoms with E-state index in [1.165, 1.54) is 28.1 Å². The van der Waals surface area contributed by atoms with E-state index >= 15 is 0 Å². The molecule has 8 heteroatoms. The van der Waals surface area contributed by atoms with Gasteiger partial charge in [0.15, 0.2) is 5.71 Å². The topological polar surface area (TPSA) is 97.9 Å². The van der Waals surface area contributed by atoms with Crippen molar-refractivity contribution < 1.29 is 27.4 Å². The molecule has 7 nitrogen and oxygen atoms in total. The first-order chi connectivity index (χ1) is 21.2. The van der Waals surface area contributed by atoms with Crippen LogP contribution >= 0.6 is 0 Å². The molecule has 2 aliphatic rings. The predicted octanol–water partition coefficient (Wildman–Crippen LogP) is 7.79. The molecule has 2 aliphatic heterocycles. The monoisotopic (exact) mass is 633 g/mol. The zero-order valence-corrected chi connectivity index (χ0v) is 28.5. The number of aliphatic carboxylic acids is 1. The van der Waals surface area contributed by atoms with Crippen LogP contribution in [-0.2, 0) is 25.7 Å². The fraction of sp³-hybridized carbons (Fsp3) is 0.459. The van der Waals surface area contributed by atoms with Gasteiger partial charge < -0.3 is 10.0 Å². The number of aryl methyl sites for hydroxylation is 2. The largest absolute Gasteiger partial charge is 0.481 e. The number of carboxylic acids is 1. The second-order valence-corrected chi connectivity index (χ2v) is 14.7. The van der Waals surface area contributed by atoms with Crippen molar-refractivity contribution in [3.63, 3.8) is 0 Å². The summed E-state index contributed by atoms with van der Waals surface area (Å²) in [6.45, 7) is 14.7. The Kier molecular flexibility index (Phi) is 10.6. The Balaban J connectivity index is 1.65. The minimum absolute atomic E-state index is 0.113. The van der Waals surface area contributed by atoms with E-state index in [1.54, 1.807) is 0 Å². The molecule has 2 heterocycles. The second-order valence-electron chi connectivity index (χ2n) is 13.2. The highest BCUT2D eigenvalue weighted by Crippen LogP contribution is 2.51. The van der Waals surface area contributed by atoms with Crippen LogP contribution in [0.5, 0.6) is 0 Å². The average Bonchev–Trinajstić information content (AvgIpc) is 3.31. The number of hydrogen-bond acceptors (Lipinski definition) is 4. The SMILES string of the molecule is CC[N+]1=C(/C=C/C=C/C=C2/N(CCCCS(=O)(=O)O)c3ccc(C)cc3C2(C)CCCCC(=O)O)C(C)(C)c2cc(C)ccc21. The molecule has 45 heavy (non-hydrogen) atoms. The molecule has 242 valence electrons. The minimum Gasteiger partial charge on any atom is -0.481 e. The summed E-state index contributed by atoms with van der Waals surface area (Å²) in [6, 6.07) is 13.1. The summed E-state index contributed by atoms with van der Waals surface area (Å²) in [5, 5.41) is 9.21. The molecule has 0 aromatic heterocycles. The van der Waals surface area contributed by atoms with E-state index in [2.05, 4.69) is 118 Å². The van der Waals surface area contributed by atoms with Crippen molar-refractivity contribution in [2.45, 2.75) is 90.9 Å². The number of nitrogens with zero attached hydrogens (tertiary/aromatic N) is 2.